The first-order valence-electron chi connectivity index (χ1n) is 8.61. The van der Waals surface area contributed by atoms with E-state index in [1.807, 2.05) is 0 Å². The van der Waals surface area contributed by atoms with Crippen LogP contribution in [0.1, 0.15) is 11.6 Å². The number of aromatic hydroxyl groups is 1. The van der Waals surface area contributed by atoms with Crippen LogP contribution in [0.4, 0.5) is 5.69 Å². The second kappa shape index (κ2) is 7.85. The molecule has 2 atom stereocenters. The van der Waals surface area contributed by atoms with E-state index < -0.39 is 12.0 Å². The molecule has 150 valence electrons. The van der Waals surface area contributed by atoms with Crippen molar-refractivity contribution in [2.45, 2.75) is 6.04 Å². The van der Waals surface area contributed by atoms with Crippen LogP contribution >= 0.6 is 0 Å². The fraction of sp³-hybridized carbons (Fsp3) is 0.350. The Morgan fingerprint density at radius 2 is 1.54 bits per heavy atom. The molecule has 1 aliphatic heterocycles. The number of methoxy groups -OCH3 is 4. The molecule has 2 aromatic rings. The maximum absolute atomic E-state index is 12.7. The monoisotopic (exact) mass is 389 g/mol. The molecule has 1 unspecified atom stereocenters. The van der Waals surface area contributed by atoms with E-state index in [1.54, 1.807) is 24.3 Å². The number of carbonyl (C=O) groups is 1. The number of anilines is 1. The van der Waals surface area contributed by atoms with Gasteiger partial charge in [-0.2, -0.15) is 0 Å². The van der Waals surface area contributed by atoms with E-state index in [4.69, 9.17) is 18.9 Å². The Balaban J connectivity index is 2.07. The van der Waals surface area contributed by atoms with Crippen LogP contribution < -0.4 is 23.8 Å². The lowest BCUT2D eigenvalue weighted by atomic mass is 9.82. The zero-order valence-corrected chi connectivity index (χ0v) is 16.1. The van der Waals surface area contributed by atoms with Gasteiger partial charge in [0.25, 0.3) is 0 Å². The third kappa shape index (κ3) is 3.05. The van der Waals surface area contributed by atoms with Crippen molar-refractivity contribution in [3.8, 4) is 28.7 Å². The molecule has 1 fully saturated rings. The number of β-lactam (4-membered cyclic amide) rings is 1. The van der Waals surface area contributed by atoms with Crippen LogP contribution in [0.2, 0.25) is 0 Å². The molecule has 0 aromatic heterocycles. The summed E-state index contributed by atoms with van der Waals surface area (Å²) < 4.78 is 21.1. The summed E-state index contributed by atoms with van der Waals surface area (Å²) in [5.74, 6) is 0.667. The van der Waals surface area contributed by atoms with Crippen molar-refractivity contribution in [1.29, 1.82) is 0 Å². The van der Waals surface area contributed by atoms with Gasteiger partial charge in [0, 0.05) is 12.1 Å². The molecule has 28 heavy (non-hydrogen) atoms. The molecule has 3 rings (SSSR count). The number of amides is 1. The first-order chi connectivity index (χ1) is 13.5. The molecule has 2 aromatic carbocycles. The Hall–Kier alpha value is -3.13. The summed E-state index contributed by atoms with van der Waals surface area (Å²) in [7, 11) is 5.95. The van der Waals surface area contributed by atoms with E-state index in [0.717, 1.165) is 0 Å². The molecule has 2 N–H and O–H groups in total. The maximum Gasteiger partial charge on any atom is 0.235 e. The number of hydrogen-bond acceptors (Lipinski definition) is 7. The minimum atomic E-state index is -0.619. The summed E-state index contributed by atoms with van der Waals surface area (Å²) >= 11 is 0. The molecule has 0 saturated carbocycles. The van der Waals surface area contributed by atoms with Crippen LogP contribution in [-0.2, 0) is 4.79 Å². The largest absolute Gasteiger partial charge is 0.504 e. The molecule has 8 heteroatoms. The number of aliphatic hydroxyl groups excluding tert-OH is 1. The van der Waals surface area contributed by atoms with Gasteiger partial charge >= 0.3 is 0 Å². The summed E-state index contributed by atoms with van der Waals surface area (Å²) in [5, 5.41) is 19.8. The fourth-order valence-electron chi connectivity index (χ4n) is 3.49. The Morgan fingerprint density at radius 1 is 0.929 bits per heavy atom. The minimum Gasteiger partial charge on any atom is -0.504 e. The summed E-state index contributed by atoms with van der Waals surface area (Å²) in [6.07, 6.45) is 0. The van der Waals surface area contributed by atoms with Gasteiger partial charge in [0.2, 0.25) is 11.7 Å². The number of aliphatic hydroxyl groups is 1. The molecule has 8 nitrogen and oxygen atoms in total. The van der Waals surface area contributed by atoms with Crippen molar-refractivity contribution in [2.24, 2.45) is 5.92 Å². The number of ether oxygens (including phenoxy) is 4. The van der Waals surface area contributed by atoms with Crippen molar-refractivity contribution in [3.63, 3.8) is 0 Å². The minimum absolute atomic E-state index is 0.0409. The van der Waals surface area contributed by atoms with Gasteiger partial charge in [0.15, 0.2) is 23.0 Å². The van der Waals surface area contributed by atoms with Crippen LogP contribution in [0.3, 0.4) is 0 Å². The van der Waals surface area contributed by atoms with Crippen molar-refractivity contribution in [3.05, 3.63) is 35.9 Å². The lowest BCUT2D eigenvalue weighted by molar-refractivity contribution is -0.132. The average Bonchev–Trinajstić information content (AvgIpc) is 2.71. The van der Waals surface area contributed by atoms with Gasteiger partial charge < -0.3 is 34.1 Å². The number of hydrogen-bond donors (Lipinski definition) is 2. The van der Waals surface area contributed by atoms with Crippen LogP contribution in [0.25, 0.3) is 0 Å². The molecular formula is C20H23NO7. The van der Waals surface area contributed by atoms with E-state index in [9.17, 15) is 15.0 Å². The normalized spacial score (nSPS) is 18.5. The zero-order chi connectivity index (χ0) is 20.4. The van der Waals surface area contributed by atoms with Gasteiger partial charge in [-0.15, -0.1) is 0 Å². The highest BCUT2D eigenvalue weighted by Crippen LogP contribution is 2.49. The maximum atomic E-state index is 12.7. The predicted octanol–water partition coefficient (Wildman–Crippen LogP) is 2.12. The van der Waals surface area contributed by atoms with Gasteiger partial charge in [-0.25, -0.2) is 0 Å². The van der Waals surface area contributed by atoms with Gasteiger partial charge in [-0.1, -0.05) is 6.07 Å². The van der Waals surface area contributed by atoms with Gasteiger partial charge in [0.1, 0.15) is 0 Å². The molecule has 0 aliphatic carbocycles. The first-order valence-corrected chi connectivity index (χ1v) is 8.61. The van der Waals surface area contributed by atoms with E-state index in [2.05, 4.69) is 0 Å². The molecular weight excluding hydrogens is 366 g/mol. The zero-order valence-electron chi connectivity index (χ0n) is 16.1. The van der Waals surface area contributed by atoms with Gasteiger partial charge in [0.05, 0.1) is 52.7 Å². The second-order valence-corrected chi connectivity index (χ2v) is 6.26. The SMILES string of the molecule is COc1ccc(C2[C@H](CO)C(=O)N2c2cc(OC)c(OC)c(OC)c2)cc1O. The smallest absolute Gasteiger partial charge is 0.235 e. The number of benzene rings is 2. The lowest BCUT2D eigenvalue weighted by Crippen LogP contribution is -2.56. The number of carbonyl (C=O) groups excluding carboxylic acids is 1. The second-order valence-electron chi connectivity index (χ2n) is 6.26. The highest BCUT2D eigenvalue weighted by Gasteiger charge is 2.49. The summed E-state index contributed by atoms with van der Waals surface area (Å²) in [4.78, 5) is 14.2. The van der Waals surface area contributed by atoms with E-state index >= 15 is 0 Å². The van der Waals surface area contributed by atoms with Crippen LogP contribution in [-0.4, -0.2) is 51.2 Å². The number of phenols is 1. The fourth-order valence-corrected chi connectivity index (χ4v) is 3.49. The Labute approximate surface area is 162 Å². The van der Waals surface area contributed by atoms with Gasteiger partial charge in [-0.3, -0.25) is 4.79 Å². The first kappa shape index (κ1) is 19.6. The lowest BCUT2D eigenvalue weighted by Gasteiger charge is -2.47. The van der Waals surface area contributed by atoms with Crippen molar-refractivity contribution in [1.82, 2.24) is 0 Å². The third-order valence-electron chi connectivity index (χ3n) is 4.88. The van der Waals surface area contributed by atoms with Crippen molar-refractivity contribution in [2.75, 3.05) is 39.9 Å². The van der Waals surface area contributed by atoms with Gasteiger partial charge in [-0.05, 0) is 17.7 Å². The van der Waals surface area contributed by atoms with E-state index in [-0.39, 0.29) is 18.3 Å². The molecule has 0 bridgehead atoms. The number of nitrogens with zero attached hydrogens (tertiary/aromatic N) is 1. The molecule has 1 heterocycles. The van der Waals surface area contributed by atoms with Crippen LogP contribution in [0.15, 0.2) is 30.3 Å². The molecule has 1 aliphatic rings. The average molecular weight is 389 g/mol. The Bertz CT molecular complexity index is 858. The molecule has 1 saturated heterocycles. The molecule has 0 radical (unpaired) electrons. The third-order valence-corrected chi connectivity index (χ3v) is 4.88. The summed E-state index contributed by atoms with van der Waals surface area (Å²) in [5.41, 5.74) is 1.20. The predicted molar refractivity (Wildman–Crippen MR) is 102 cm³/mol. The van der Waals surface area contributed by atoms with Crippen LogP contribution in [0.5, 0.6) is 28.7 Å². The highest BCUT2D eigenvalue weighted by molar-refractivity contribution is 6.03. The van der Waals surface area contributed by atoms with E-state index in [0.29, 0.717) is 34.2 Å². The molecule has 0 spiro atoms. The number of phenolic OH excluding ortho intramolecular Hbond substituents is 1. The highest BCUT2D eigenvalue weighted by atomic mass is 16.5. The number of rotatable bonds is 7. The van der Waals surface area contributed by atoms with Crippen molar-refractivity contribution < 1.29 is 34.0 Å². The standard InChI is InChI=1S/C20H23NO7/c1-25-15-6-5-11(7-14(15)23)18-13(10-22)20(24)21(18)12-8-16(26-2)19(28-4)17(9-12)27-3/h5-9,13,18,22-23H,10H2,1-4H3/t13-,18?/m0/s1. The Kier molecular flexibility index (Phi) is 5.51. The topological polar surface area (TPSA) is 97.7 Å². The summed E-state index contributed by atoms with van der Waals surface area (Å²) in [6, 6.07) is 7.78. The summed E-state index contributed by atoms with van der Waals surface area (Å²) in [6.45, 7) is -0.308. The van der Waals surface area contributed by atoms with Crippen LogP contribution in [0, 0.1) is 5.92 Å². The van der Waals surface area contributed by atoms with Crippen molar-refractivity contribution >= 4 is 11.6 Å². The van der Waals surface area contributed by atoms with E-state index in [1.165, 1.54) is 39.4 Å². The Morgan fingerprint density at radius 3 is 2.00 bits per heavy atom. The molecule has 1 amide bonds. The quantitative estimate of drug-likeness (QED) is 0.700.